The average Bonchev–Trinajstić information content (AvgIpc) is 2.71. The van der Waals surface area contributed by atoms with Crippen LogP contribution in [0.3, 0.4) is 0 Å². The molecule has 0 fully saturated rings. The summed E-state index contributed by atoms with van der Waals surface area (Å²) in [7, 11) is 1.52. The first-order valence-electron chi connectivity index (χ1n) is 8.92. The van der Waals surface area contributed by atoms with Crippen LogP contribution in [0.25, 0.3) is 5.69 Å². The van der Waals surface area contributed by atoms with Gasteiger partial charge in [-0.2, -0.15) is 4.98 Å². The Kier molecular flexibility index (Phi) is 6.31. The van der Waals surface area contributed by atoms with Gasteiger partial charge in [-0.15, -0.1) is 0 Å². The quantitative estimate of drug-likeness (QED) is 0.605. The van der Waals surface area contributed by atoms with Gasteiger partial charge < -0.3 is 10.1 Å². The Morgan fingerprint density at radius 1 is 1.20 bits per heavy atom. The van der Waals surface area contributed by atoms with E-state index in [1.807, 2.05) is 6.92 Å². The van der Waals surface area contributed by atoms with Gasteiger partial charge in [0.2, 0.25) is 5.88 Å². The Morgan fingerprint density at radius 3 is 2.60 bits per heavy atom. The summed E-state index contributed by atoms with van der Waals surface area (Å²) in [6, 6.07) is 8.14. The molecular formula is C21H18BrF2N3O3. The van der Waals surface area contributed by atoms with E-state index in [4.69, 9.17) is 4.74 Å². The molecule has 0 aliphatic rings. The number of amides is 1. The smallest absolute Gasteiger partial charge is 0.276 e. The number of rotatable bonds is 5. The van der Waals surface area contributed by atoms with Crippen molar-refractivity contribution in [2.45, 2.75) is 20.5 Å². The molecule has 0 saturated heterocycles. The Bertz CT molecular complexity index is 1190. The summed E-state index contributed by atoms with van der Waals surface area (Å²) in [5.41, 5.74) is 1.34. The molecule has 0 aliphatic heterocycles. The summed E-state index contributed by atoms with van der Waals surface area (Å²) >= 11 is 3.20. The van der Waals surface area contributed by atoms with Gasteiger partial charge in [0, 0.05) is 24.2 Å². The number of halogens is 3. The number of carbonyl (C=O) groups excluding carboxylic acids is 1. The highest BCUT2D eigenvalue weighted by molar-refractivity contribution is 9.10. The predicted octanol–water partition coefficient (Wildman–Crippen LogP) is 3.83. The molecule has 3 aromatic rings. The van der Waals surface area contributed by atoms with Crippen molar-refractivity contribution >= 4 is 21.8 Å². The van der Waals surface area contributed by atoms with Crippen molar-refractivity contribution in [2.24, 2.45) is 0 Å². The number of aryl methyl sites for hydroxylation is 2. The Labute approximate surface area is 179 Å². The van der Waals surface area contributed by atoms with Gasteiger partial charge in [0.15, 0.2) is 0 Å². The van der Waals surface area contributed by atoms with E-state index in [9.17, 15) is 18.4 Å². The number of hydrogen-bond donors (Lipinski definition) is 1. The van der Waals surface area contributed by atoms with Gasteiger partial charge in [-0.25, -0.2) is 8.78 Å². The fourth-order valence-corrected chi connectivity index (χ4v) is 3.26. The van der Waals surface area contributed by atoms with E-state index in [2.05, 4.69) is 26.2 Å². The first-order valence-corrected chi connectivity index (χ1v) is 9.71. The first kappa shape index (κ1) is 21.6. The highest BCUT2D eigenvalue weighted by atomic mass is 79.9. The van der Waals surface area contributed by atoms with Crippen LogP contribution >= 0.6 is 15.9 Å². The van der Waals surface area contributed by atoms with Crippen LogP contribution in [-0.4, -0.2) is 22.5 Å². The van der Waals surface area contributed by atoms with Gasteiger partial charge >= 0.3 is 0 Å². The van der Waals surface area contributed by atoms with Crippen LogP contribution in [0.4, 0.5) is 8.78 Å². The van der Waals surface area contributed by atoms with E-state index in [0.29, 0.717) is 17.1 Å². The third kappa shape index (κ3) is 4.25. The molecule has 0 saturated carbocycles. The maximum atomic E-state index is 13.8. The number of ether oxygens (including phenoxy) is 1. The molecule has 2 aromatic carbocycles. The minimum atomic E-state index is -0.752. The molecular weight excluding hydrogens is 460 g/mol. The van der Waals surface area contributed by atoms with E-state index < -0.39 is 17.2 Å². The largest absolute Gasteiger partial charge is 0.472 e. The molecule has 0 aliphatic carbocycles. The fourth-order valence-electron chi connectivity index (χ4n) is 2.88. The van der Waals surface area contributed by atoms with Crippen LogP contribution in [0.1, 0.15) is 27.3 Å². The van der Waals surface area contributed by atoms with Crippen molar-refractivity contribution in [1.29, 1.82) is 0 Å². The number of benzene rings is 2. The molecule has 0 unspecified atom stereocenters. The maximum absolute atomic E-state index is 13.8. The zero-order chi connectivity index (χ0) is 22.0. The molecule has 9 heteroatoms. The summed E-state index contributed by atoms with van der Waals surface area (Å²) < 4.78 is 33.8. The van der Waals surface area contributed by atoms with Crippen molar-refractivity contribution in [3.8, 4) is 11.6 Å². The van der Waals surface area contributed by atoms with Gasteiger partial charge in [-0.1, -0.05) is 6.07 Å². The lowest BCUT2D eigenvalue weighted by Crippen LogP contribution is -2.25. The SMILES string of the molecule is CNC(=O)c1ccc(C)c(-n2c(C)nc(OCc3ccc(F)cc3F)c(Br)c2=O)c1. The second kappa shape index (κ2) is 8.74. The molecule has 0 atom stereocenters. The number of nitrogens with zero attached hydrogens (tertiary/aromatic N) is 2. The highest BCUT2D eigenvalue weighted by Crippen LogP contribution is 2.24. The molecule has 1 aromatic heterocycles. The number of carbonyl (C=O) groups is 1. The topological polar surface area (TPSA) is 73.2 Å². The molecule has 3 rings (SSSR count). The lowest BCUT2D eigenvalue weighted by molar-refractivity contribution is 0.0963. The Morgan fingerprint density at radius 2 is 1.93 bits per heavy atom. The van der Waals surface area contributed by atoms with Gasteiger partial charge in [-0.05, 0) is 59.6 Å². The van der Waals surface area contributed by atoms with Crippen molar-refractivity contribution in [3.05, 3.63) is 85.4 Å². The van der Waals surface area contributed by atoms with Crippen molar-refractivity contribution < 1.29 is 18.3 Å². The van der Waals surface area contributed by atoms with Crippen LogP contribution in [0, 0.1) is 25.5 Å². The van der Waals surface area contributed by atoms with Crippen LogP contribution in [0.2, 0.25) is 0 Å². The fraction of sp³-hybridized carbons (Fsp3) is 0.190. The van der Waals surface area contributed by atoms with E-state index in [1.165, 1.54) is 17.7 Å². The standard InChI is InChI=1S/C21H18BrF2N3O3/c1-11-4-5-13(19(28)25-3)8-17(11)27-12(2)26-20(18(22)21(27)29)30-10-14-6-7-15(23)9-16(14)24/h4-9H,10H2,1-3H3,(H,25,28). The lowest BCUT2D eigenvalue weighted by atomic mass is 10.1. The molecule has 1 amide bonds. The molecule has 0 spiro atoms. The predicted molar refractivity (Wildman–Crippen MR) is 111 cm³/mol. The molecule has 1 heterocycles. The summed E-state index contributed by atoms with van der Waals surface area (Å²) in [6.07, 6.45) is 0. The summed E-state index contributed by atoms with van der Waals surface area (Å²) in [6.45, 7) is 3.20. The molecule has 30 heavy (non-hydrogen) atoms. The van der Waals surface area contributed by atoms with Crippen molar-refractivity contribution in [2.75, 3.05) is 7.05 Å². The lowest BCUT2D eigenvalue weighted by Gasteiger charge is -2.16. The molecule has 156 valence electrons. The number of nitrogens with one attached hydrogen (secondary N) is 1. The Hall–Kier alpha value is -3.07. The monoisotopic (exact) mass is 477 g/mol. The van der Waals surface area contributed by atoms with Crippen molar-refractivity contribution in [3.63, 3.8) is 0 Å². The minimum Gasteiger partial charge on any atom is -0.472 e. The maximum Gasteiger partial charge on any atom is 0.276 e. The van der Waals surface area contributed by atoms with Gasteiger partial charge in [0.25, 0.3) is 11.5 Å². The van der Waals surface area contributed by atoms with Gasteiger partial charge in [0.1, 0.15) is 28.5 Å². The van der Waals surface area contributed by atoms with Gasteiger partial charge in [-0.3, -0.25) is 14.2 Å². The van der Waals surface area contributed by atoms with Crippen molar-refractivity contribution in [1.82, 2.24) is 14.9 Å². The highest BCUT2D eigenvalue weighted by Gasteiger charge is 2.18. The van der Waals surface area contributed by atoms with E-state index >= 15 is 0 Å². The van der Waals surface area contributed by atoms with Gasteiger partial charge in [0.05, 0.1) is 5.69 Å². The second-order valence-corrected chi connectivity index (χ2v) is 7.32. The molecule has 1 N–H and O–H groups in total. The van der Waals surface area contributed by atoms with Crippen LogP contribution in [-0.2, 0) is 6.61 Å². The van der Waals surface area contributed by atoms with E-state index in [-0.39, 0.29) is 28.4 Å². The first-order chi connectivity index (χ1) is 14.2. The average molecular weight is 478 g/mol. The van der Waals surface area contributed by atoms with Crippen LogP contribution < -0.4 is 15.6 Å². The third-order valence-corrected chi connectivity index (χ3v) is 5.16. The second-order valence-electron chi connectivity index (χ2n) is 6.52. The number of hydrogen-bond acceptors (Lipinski definition) is 4. The van der Waals surface area contributed by atoms with E-state index in [1.54, 1.807) is 25.1 Å². The normalized spacial score (nSPS) is 10.7. The number of aromatic nitrogens is 2. The summed E-state index contributed by atoms with van der Waals surface area (Å²) in [4.78, 5) is 29.3. The minimum absolute atomic E-state index is 0.0161. The Balaban J connectivity index is 2.00. The molecule has 0 bridgehead atoms. The zero-order valence-electron chi connectivity index (χ0n) is 16.4. The summed E-state index contributed by atoms with van der Waals surface area (Å²) in [5.74, 6) is -1.43. The van der Waals surface area contributed by atoms with Crippen LogP contribution in [0.5, 0.6) is 5.88 Å². The molecule has 0 radical (unpaired) electrons. The van der Waals surface area contributed by atoms with Crippen LogP contribution in [0.15, 0.2) is 45.7 Å². The van der Waals surface area contributed by atoms with E-state index in [0.717, 1.165) is 17.7 Å². The molecule has 6 nitrogen and oxygen atoms in total. The third-order valence-electron chi connectivity index (χ3n) is 4.48. The zero-order valence-corrected chi connectivity index (χ0v) is 18.0. The summed E-state index contributed by atoms with van der Waals surface area (Å²) in [5, 5.41) is 2.54.